The van der Waals surface area contributed by atoms with Crippen LogP contribution in [0, 0.1) is 5.41 Å². The van der Waals surface area contributed by atoms with Crippen molar-refractivity contribution in [1.82, 2.24) is 0 Å². The minimum absolute atomic E-state index is 0.0823. The van der Waals surface area contributed by atoms with Crippen molar-refractivity contribution in [3.63, 3.8) is 0 Å². The molecule has 0 unspecified atom stereocenters. The van der Waals surface area contributed by atoms with Gasteiger partial charge in [0.05, 0.1) is 0 Å². The van der Waals surface area contributed by atoms with Gasteiger partial charge in [-0.25, -0.2) is 0 Å². The second-order valence-corrected chi connectivity index (χ2v) is 6.36. The van der Waals surface area contributed by atoms with Crippen LogP contribution in [0.3, 0.4) is 0 Å². The summed E-state index contributed by atoms with van der Waals surface area (Å²) >= 11 is 0. The third kappa shape index (κ3) is 7.45. The molecule has 0 atom stereocenters. The number of nitrogens with one attached hydrogen (secondary N) is 1. The van der Waals surface area contributed by atoms with Gasteiger partial charge in [0, 0.05) is 11.8 Å². The molecule has 0 aromatic heterocycles. The number of anilines is 1. The quantitative estimate of drug-likeness (QED) is 0.545. The van der Waals surface area contributed by atoms with E-state index in [-0.39, 0.29) is 11.1 Å². The number of hydrogen-bond donors (Lipinski definition) is 1. The van der Waals surface area contributed by atoms with Crippen LogP contribution >= 0.6 is 0 Å². The summed E-state index contributed by atoms with van der Waals surface area (Å²) in [6, 6.07) is 5.56. The molecule has 0 spiro atoms. The monoisotopic (exact) mass is 365 g/mol. The first-order chi connectivity index (χ1) is 11.2. The summed E-state index contributed by atoms with van der Waals surface area (Å²) in [5.74, 6) is -2.59. The molecular formula is C17H17F6NO. The molecule has 8 heteroatoms. The maximum Gasteiger partial charge on any atom is 0.454 e. The molecule has 0 bridgehead atoms. The molecule has 0 heterocycles. The van der Waals surface area contributed by atoms with E-state index in [1.165, 1.54) is 24.3 Å². The second-order valence-electron chi connectivity index (χ2n) is 6.36. The van der Waals surface area contributed by atoms with Gasteiger partial charge < -0.3 is 5.32 Å². The third-order valence-electron chi connectivity index (χ3n) is 2.83. The summed E-state index contributed by atoms with van der Waals surface area (Å²) in [4.78, 5) is 10.8. The average Bonchev–Trinajstić information content (AvgIpc) is 2.42. The predicted octanol–water partition coefficient (Wildman–Crippen LogP) is 5.74. The van der Waals surface area contributed by atoms with Crippen LogP contribution in [0.15, 0.2) is 42.1 Å². The van der Waals surface area contributed by atoms with Crippen LogP contribution in [-0.4, -0.2) is 18.1 Å². The van der Waals surface area contributed by atoms with Gasteiger partial charge in [0.2, 0.25) is 0 Å². The Morgan fingerprint density at radius 3 is 1.84 bits per heavy atom. The molecular weight excluding hydrogens is 348 g/mol. The number of alkyl halides is 6. The first-order valence-corrected chi connectivity index (χ1v) is 7.15. The molecule has 1 N–H and O–H groups in total. The Balaban J connectivity index is 3.01. The van der Waals surface area contributed by atoms with Gasteiger partial charge in [-0.1, -0.05) is 45.1 Å². The molecule has 138 valence electrons. The van der Waals surface area contributed by atoms with Crippen LogP contribution in [-0.2, 0) is 4.79 Å². The Bertz CT molecular complexity index is 660. The first-order valence-electron chi connectivity index (χ1n) is 7.15. The van der Waals surface area contributed by atoms with Crippen molar-refractivity contribution in [3.8, 4) is 0 Å². The van der Waals surface area contributed by atoms with E-state index in [0.717, 1.165) is 0 Å². The summed E-state index contributed by atoms with van der Waals surface area (Å²) < 4.78 is 75.0. The molecule has 0 amide bonds. The molecule has 1 aromatic rings. The lowest BCUT2D eigenvalue weighted by molar-refractivity contribution is -0.165. The van der Waals surface area contributed by atoms with E-state index in [4.69, 9.17) is 0 Å². The zero-order valence-corrected chi connectivity index (χ0v) is 13.7. The molecule has 25 heavy (non-hydrogen) atoms. The van der Waals surface area contributed by atoms with Crippen molar-refractivity contribution in [2.75, 3.05) is 5.32 Å². The first kappa shape index (κ1) is 20.8. The number of hydrogen-bond acceptors (Lipinski definition) is 2. The Hall–Kier alpha value is -2.25. The highest BCUT2D eigenvalue weighted by molar-refractivity contribution is 5.95. The standard InChI is InChI=1S/C17H17F6NO/c1-15(2,3)9-8-11-4-6-12(7-5-11)24-13(16(18,19)20)10-14(25)17(21,22)23/h4-10,24H,1-3H3/b9-8+,13-10+. The van der Waals surface area contributed by atoms with Gasteiger partial charge in [0.1, 0.15) is 5.70 Å². The number of allylic oxidation sites excluding steroid dienone is 3. The fourth-order valence-corrected chi connectivity index (χ4v) is 1.58. The van der Waals surface area contributed by atoms with Crippen molar-refractivity contribution < 1.29 is 31.1 Å². The summed E-state index contributed by atoms with van der Waals surface area (Å²) in [5, 5.41) is 1.81. The maximum absolute atomic E-state index is 12.8. The number of carbonyl (C=O) groups excluding carboxylic acids is 1. The normalized spacial score (nSPS) is 14.0. The molecule has 0 radical (unpaired) electrons. The number of carbonyl (C=O) groups is 1. The zero-order chi connectivity index (χ0) is 19.5. The summed E-state index contributed by atoms with van der Waals surface area (Å²) in [7, 11) is 0. The lowest BCUT2D eigenvalue weighted by Crippen LogP contribution is -2.26. The van der Waals surface area contributed by atoms with Crippen molar-refractivity contribution in [3.05, 3.63) is 47.7 Å². The summed E-state index contributed by atoms with van der Waals surface area (Å²) in [6.07, 6.45) is -7.32. The highest BCUT2D eigenvalue weighted by Gasteiger charge is 2.41. The van der Waals surface area contributed by atoms with Gasteiger partial charge in [-0.15, -0.1) is 0 Å². The molecule has 0 aliphatic heterocycles. The molecule has 0 fully saturated rings. The van der Waals surface area contributed by atoms with E-state index in [1.807, 2.05) is 32.2 Å². The zero-order valence-electron chi connectivity index (χ0n) is 13.7. The van der Waals surface area contributed by atoms with Crippen molar-refractivity contribution in [1.29, 1.82) is 0 Å². The van der Waals surface area contributed by atoms with E-state index in [0.29, 0.717) is 5.56 Å². The van der Waals surface area contributed by atoms with Crippen LogP contribution in [0.1, 0.15) is 26.3 Å². The molecule has 0 aliphatic carbocycles. The Morgan fingerprint density at radius 1 is 0.920 bits per heavy atom. The highest BCUT2D eigenvalue weighted by Crippen LogP contribution is 2.29. The van der Waals surface area contributed by atoms with Crippen LogP contribution in [0.5, 0.6) is 0 Å². The van der Waals surface area contributed by atoms with E-state index in [9.17, 15) is 31.1 Å². The molecule has 0 saturated heterocycles. The van der Waals surface area contributed by atoms with Crippen LogP contribution in [0.2, 0.25) is 0 Å². The van der Waals surface area contributed by atoms with Gasteiger partial charge in [-0.3, -0.25) is 4.79 Å². The van der Waals surface area contributed by atoms with Crippen molar-refractivity contribution >= 4 is 17.5 Å². The van der Waals surface area contributed by atoms with Gasteiger partial charge in [-0.05, 0) is 23.1 Å². The smallest absolute Gasteiger partial charge is 0.351 e. The van der Waals surface area contributed by atoms with Gasteiger partial charge in [0.25, 0.3) is 5.78 Å². The summed E-state index contributed by atoms with van der Waals surface area (Å²) in [6.45, 7) is 5.91. The topological polar surface area (TPSA) is 29.1 Å². The maximum atomic E-state index is 12.8. The number of halogens is 6. The average molecular weight is 365 g/mol. The lowest BCUT2D eigenvalue weighted by Gasteiger charge is -2.15. The van der Waals surface area contributed by atoms with Crippen LogP contribution in [0.4, 0.5) is 32.0 Å². The Kier molecular flexibility index (Phi) is 6.09. The van der Waals surface area contributed by atoms with E-state index >= 15 is 0 Å². The lowest BCUT2D eigenvalue weighted by atomic mass is 9.95. The number of ketones is 1. The van der Waals surface area contributed by atoms with E-state index in [2.05, 4.69) is 0 Å². The third-order valence-corrected chi connectivity index (χ3v) is 2.83. The van der Waals surface area contributed by atoms with E-state index < -0.39 is 29.9 Å². The fourth-order valence-electron chi connectivity index (χ4n) is 1.58. The molecule has 1 aromatic carbocycles. The molecule has 2 nitrogen and oxygen atoms in total. The van der Waals surface area contributed by atoms with Crippen LogP contribution in [0.25, 0.3) is 6.08 Å². The number of rotatable bonds is 4. The minimum atomic E-state index is -5.38. The minimum Gasteiger partial charge on any atom is -0.351 e. The molecule has 0 aliphatic rings. The second kappa shape index (κ2) is 7.33. The Morgan fingerprint density at radius 2 is 1.44 bits per heavy atom. The van der Waals surface area contributed by atoms with E-state index in [1.54, 1.807) is 6.08 Å². The fraction of sp³-hybridized carbons (Fsp3) is 0.353. The summed E-state index contributed by atoms with van der Waals surface area (Å²) in [5.41, 5.74) is -1.25. The van der Waals surface area contributed by atoms with Gasteiger partial charge >= 0.3 is 12.4 Å². The van der Waals surface area contributed by atoms with Crippen molar-refractivity contribution in [2.24, 2.45) is 5.41 Å². The molecule has 0 saturated carbocycles. The molecule has 1 rings (SSSR count). The predicted molar refractivity (Wildman–Crippen MR) is 83.8 cm³/mol. The van der Waals surface area contributed by atoms with Crippen LogP contribution < -0.4 is 5.32 Å². The van der Waals surface area contributed by atoms with Gasteiger partial charge in [-0.2, -0.15) is 26.3 Å². The Labute approximate surface area is 141 Å². The largest absolute Gasteiger partial charge is 0.454 e. The van der Waals surface area contributed by atoms with Gasteiger partial charge in [0.15, 0.2) is 0 Å². The van der Waals surface area contributed by atoms with Crippen molar-refractivity contribution in [2.45, 2.75) is 33.1 Å². The SMILES string of the molecule is CC(C)(C)/C=C/c1ccc(N/C(=C/C(=O)C(F)(F)F)C(F)(F)F)cc1. The highest BCUT2D eigenvalue weighted by atomic mass is 19.4. The number of benzene rings is 1.